The predicted molar refractivity (Wildman–Crippen MR) is 144 cm³/mol. The van der Waals surface area contributed by atoms with Crippen LogP contribution in [0, 0.1) is 5.41 Å². The molecule has 0 aromatic carbocycles. The van der Waals surface area contributed by atoms with Crippen LogP contribution in [0.2, 0.25) is 4.34 Å². The van der Waals surface area contributed by atoms with E-state index in [0.717, 1.165) is 4.88 Å². The molecular formula is C26H26ClN5O4S. The molecule has 0 spiro atoms. The Bertz CT molecular complexity index is 1530. The van der Waals surface area contributed by atoms with Crippen molar-refractivity contribution in [2.45, 2.75) is 33.9 Å². The highest BCUT2D eigenvalue weighted by Gasteiger charge is 2.29. The van der Waals surface area contributed by atoms with Crippen molar-refractivity contribution < 1.29 is 14.0 Å². The number of aromatic nitrogens is 4. The first-order valence-corrected chi connectivity index (χ1v) is 12.6. The molecule has 0 N–H and O–H groups in total. The molecule has 0 atom stereocenters. The number of hydrogen-bond donors (Lipinski definition) is 0. The second kappa shape index (κ2) is 10.3. The standard InChI is InChI=1S/C26H26ClN5O4S/c1-6-16-11-23(34)31(15-20(33)24-28-9-10-36-24)14-18(16)19-12-22(32(29-19)25(35)26(2,3)4)30(5)13-17-7-8-21(27)37-17/h6-12,14H,1,13,15H2,2-5H3. The minimum atomic E-state index is -0.701. The Morgan fingerprint density at radius 1 is 1.27 bits per heavy atom. The van der Waals surface area contributed by atoms with Gasteiger partial charge < -0.3 is 13.9 Å². The Morgan fingerprint density at radius 2 is 2.03 bits per heavy atom. The Balaban J connectivity index is 1.79. The molecule has 0 fully saturated rings. The second-order valence-electron chi connectivity index (χ2n) is 9.49. The van der Waals surface area contributed by atoms with Crippen molar-refractivity contribution in [1.29, 1.82) is 0 Å². The highest BCUT2D eigenvalue weighted by molar-refractivity contribution is 7.16. The molecule has 0 saturated heterocycles. The highest BCUT2D eigenvalue weighted by atomic mass is 35.5. The molecule has 0 aliphatic carbocycles. The van der Waals surface area contributed by atoms with E-state index in [0.29, 0.717) is 33.5 Å². The normalized spacial score (nSPS) is 11.5. The molecule has 0 unspecified atom stereocenters. The zero-order valence-corrected chi connectivity index (χ0v) is 22.5. The summed E-state index contributed by atoms with van der Waals surface area (Å²) in [7, 11) is 1.87. The van der Waals surface area contributed by atoms with Gasteiger partial charge in [-0.3, -0.25) is 14.4 Å². The van der Waals surface area contributed by atoms with Crippen molar-refractivity contribution in [1.82, 2.24) is 19.3 Å². The molecule has 0 aliphatic rings. The maximum atomic E-state index is 13.4. The fraction of sp³-hybridized carbons (Fsp3) is 0.269. The molecular weight excluding hydrogens is 514 g/mol. The third-order valence-corrected chi connectivity index (χ3v) is 6.79. The number of ketones is 1. The van der Waals surface area contributed by atoms with E-state index in [-0.39, 0.29) is 18.3 Å². The van der Waals surface area contributed by atoms with Crippen LogP contribution in [0.1, 0.15) is 46.7 Å². The van der Waals surface area contributed by atoms with Crippen LogP contribution in [0.15, 0.2) is 58.7 Å². The summed E-state index contributed by atoms with van der Waals surface area (Å²) >= 11 is 7.56. The van der Waals surface area contributed by atoms with E-state index in [9.17, 15) is 14.4 Å². The average molecular weight is 540 g/mol. The summed E-state index contributed by atoms with van der Waals surface area (Å²) in [6.07, 6.45) is 5.74. The van der Waals surface area contributed by atoms with Gasteiger partial charge in [0.1, 0.15) is 12.1 Å². The number of Topliss-reactive ketones (excluding diaryl/α,β-unsaturated/α-hetero) is 1. The number of pyridine rings is 1. The quantitative estimate of drug-likeness (QED) is 0.281. The maximum Gasteiger partial charge on any atom is 0.264 e. The minimum absolute atomic E-state index is 0.0844. The van der Waals surface area contributed by atoms with Gasteiger partial charge in [0, 0.05) is 41.2 Å². The zero-order chi connectivity index (χ0) is 26.9. The molecule has 4 rings (SSSR count). The van der Waals surface area contributed by atoms with E-state index in [1.807, 2.05) is 44.9 Å². The molecule has 4 aromatic heterocycles. The lowest BCUT2D eigenvalue weighted by molar-refractivity contribution is 0.0751. The van der Waals surface area contributed by atoms with Crippen LogP contribution in [-0.4, -0.2) is 38.1 Å². The molecule has 37 heavy (non-hydrogen) atoms. The molecule has 0 aliphatic heterocycles. The number of carbonyl (C=O) groups excluding carboxylic acids is 2. The van der Waals surface area contributed by atoms with Crippen molar-refractivity contribution in [3.8, 4) is 11.3 Å². The van der Waals surface area contributed by atoms with Crippen LogP contribution in [0.4, 0.5) is 5.82 Å². The van der Waals surface area contributed by atoms with Crippen LogP contribution in [0.5, 0.6) is 0 Å². The summed E-state index contributed by atoms with van der Waals surface area (Å²) in [6.45, 7) is 9.54. The molecule has 9 nitrogen and oxygen atoms in total. The lowest BCUT2D eigenvalue weighted by Gasteiger charge is -2.22. The first-order chi connectivity index (χ1) is 17.5. The Hall–Kier alpha value is -3.76. The molecule has 192 valence electrons. The number of thiophene rings is 1. The average Bonchev–Trinajstić information content (AvgIpc) is 3.60. The fourth-order valence-electron chi connectivity index (χ4n) is 3.67. The van der Waals surface area contributed by atoms with Crippen molar-refractivity contribution in [2.75, 3.05) is 11.9 Å². The van der Waals surface area contributed by atoms with Gasteiger partial charge in [-0.05, 0) is 17.7 Å². The third-order valence-electron chi connectivity index (χ3n) is 5.58. The van der Waals surface area contributed by atoms with Crippen LogP contribution < -0.4 is 10.5 Å². The number of nitrogens with zero attached hydrogens (tertiary/aromatic N) is 5. The van der Waals surface area contributed by atoms with Crippen molar-refractivity contribution in [3.63, 3.8) is 0 Å². The number of oxazole rings is 1. The second-order valence-corrected chi connectivity index (χ2v) is 11.3. The van der Waals surface area contributed by atoms with Gasteiger partial charge in [0.2, 0.25) is 5.78 Å². The molecule has 4 aromatic rings. The highest BCUT2D eigenvalue weighted by Crippen LogP contribution is 2.31. The SMILES string of the molecule is C=Cc1cc(=O)n(CC(=O)c2ncco2)cc1-c1cc(N(C)Cc2ccc(Cl)s2)n(C(=O)C(C)(C)C)n1. The van der Waals surface area contributed by atoms with Gasteiger partial charge in [-0.25, -0.2) is 4.98 Å². The van der Waals surface area contributed by atoms with Crippen molar-refractivity contribution >= 4 is 46.5 Å². The van der Waals surface area contributed by atoms with E-state index in [4.69, 9.17) is 16.0 Å². The van der Waals surface area contributed by atoms with Gasteiger partial charge in [0.05, 0.1) is 29.3 Å². The molecule has 0 amide bonds. The number of carbonyl (C=O) groups is 2. The van der Waals surface area contributed by atoms with Crippen molar-refractivity contribution in [2.24, 2.45) is 5.41 Å². The molecule has 11 heteroatoms. The van der Waals surface area contributed by atoms with Crippen molar-refractivity contribution in [3.05, 3.63) is 80.5 Å². The van der Waals surface area contributed by atoms with E-state index in [1.54, 1.807) is 12.1 Å². The largest absolute Gasteiger partial charge is 0.442 e. The zero-order valence-electron chi connectivity index (χ0n) is 20.9. The van der Waals surface area contributed by atoms with E-state index in [1.165, 1.54) is 45.3 Å². The minimum Gasteiger partial charge on any atom is -0.442 e. The van der Waals surface area contributed by atoms with Gasteiger partial charge in [0.25, 0.3) is 17.4 Å². The van der Waals surface area contributed by atoms with E-state index in [2.05, 4.69) is 16.7 Å². The van der Waals surface area contributed by atoms with Gasteiger partial charge >= 0.3 is 0 Å². The van der Waals surface area contributed by atoms with E-state index >= 15 is 0 Å². The Kier molecular flexibility index (Phi) is 7.33. The number of anilines is 1. The van der Waals surface area contributed by atoms with Crippen LogP contribution in [-0.2, 0) is 13.1 Å². The summed E-state index contributed by atoms with van der Waals surface area (Å²) < 4.78 is 8.38. The molecule has 4 heterocycles. The molecule has 0 radical (unpaired) electrons. The third kappa shape index (κ3) is 5.65. The van der Waals surface area contributed by atoms with Gasteiger partial charge in [0.15, 0.2) is 0 Å². The lowest BCUT2D eigenvalue weighted by atomic mass is 9.96. The first-order valence-electron chi connectivity index (χ1n) is 11.4. The fourth-order valence-corrected chi connectivity index (χ4v) is 4.81. The monoisotopic (exact) mass is 539 g/mol. The number of hydrogen-bond acceptors (Lipinski definition) is 8. The lowest BCUT2D eigenvalue weighted by Crippen LogP contribution is -2.31. The summed E-state index contributed by atoms with van der Waals surface area (Å²) in [6, 6.07) is 6.93. The topological polar surface area (TPSA) is 103 Å². The predicted octanol–water partition coefficient (Wildman–Crippen LogP) is 5.26. The Morgan fingerprint density at radius 3 is 2.62 bits per heavy atom. The van der Waals surface area contributed by atoms with Crippen LogP contribution in [0.25, 0.3) is 17.3 Å². The maximum absolute atomic E-state index is 13.4. The summed E-state index contributed by atoms with van der Waals surface area (Å²) in [5.41, 5.74) is 0.431. The molecule has 0 saturated carbocycles. The van der Waals surface area contributed by atoms with Crippen LogP contribution in [0.3, 0.4) is 0 Å². The summed E-state index contributed by atoms with van der Waals surface area (Å²) in [5, 5.41) is 4.65. The Labute approximate surface area is 222 Å². The smallest absolute Gasteiger partial charge is 0.264 e. The van der Waals surface area contributed by atoms with Crippen LogP contribution >= 0.6 is 22.9 Å². The molecule has 0 bridgehead atoms. The number of rotatable bonds is 8. The summed E-state index contributed by atoms with van der Waals surface area (Å²) in [5.74, 6) is -0.160. The number of halogens is 1. The summed E-state index contributed by atoms with van der Waals surface area (Å²) in [4.78, 5) is 45.4. The first kappa shape index (κ1) is 26.3. The van der Waals surface area contributed by atoms with Gasteiger partial charge in [-0.2, -0.15) is 9.78 Å². The van der Waals surface area contributed by atoms with E-state index < -0.39 is 16.8 Å². The van der Waals surface area contributed by atoms with Gasteiger partial charge in [-0.1, -0.05) is 45.0 Å². The van der Waals surface area contributed by atoms with Gasteiger partial charge in [-0.15, -0.1) is 11.3 Å².